The van der Waals surface area contributed by atoms with Crippen LogP contribution in [0.15, 0.2) is 59.0 Å². The third kappa shape index (κ3) is 3.81. The Hall–Kier alpha value is -2.17. The van der Waals surface area contributed by atoms with E-state index in [1.165, 1.54) is 31.2 Å². The van der Waals surface area contributed by atoms with Gasteiger partial charge >= 0.3 is 0 Å². The molecule has 1 aliphatic rings. The Balaban J connectivity index is 1.68. The maximum atomic E-state index is 6.11. The van der Waals surface area contributed by atoms with Gasteiger partial charge in [0.25, 0.3) is 0 Å². The minimum Gasteiger partial charge on any atom is -0.419 e. The summed E-state index contributed by atoms with van der Waals surface area (Å²) in [5, 5.41) is 9.40. The van der Waals surface area contributed by atoms with Crippen LogP contribution in [0.2, 0.25) is 5.02 Å². The fraction of sp³-hybridized carbons (Fsp3) is 0.333. The normalized spacial score (nSPS) is 17.0. The number of aromatic nitrogens is 2. The predicted molar refractivity (Wildman–Crippen MR) is 103 cm³/mol. The molecule has 4 rings (SSSR count). The van der Waals surface area contributed by atoms with Crippen LogP contribution in [0.25, 0.3) is 11.5 Å². The number of hydrogen-bond acceptors (Lipinski definition) is 4. The zero-order valence-corrected chi connectivity index (χ0v) is 15.4. The highest BCUT2D eigenvalue weighted by atomic mass is 35.5. The van der Waals surface area contributed by atoms with Crippen molar-refractivity contribution in [2.75, 3.05) is 13.1 Å². The van der Waals surface area contributed by atoms with Crippen LogP contribution in [0.3, 0.4) is 0 Å². The van der Waals surface area contributed by atoms with Crippen LogP contribution in [-0.2, 0) is 0 Å². The molecule has 1 atom stereocenters. The van der Waals surface area contributed by atoms with E-state index in [-0.39, 0.29) is 6.04 Å². The van der Waals surface area contributed by atoms with Gasteiger partial charge in [-0.25, -0.2) is 0 Å². The Labute approximate surface area is 158 Å². The fourth-order valence-corrected chi connectivity index (χ4v) is 3.68. The minimum atomic E-state index is 0.00264. The number of hydrogen-bond donors (Lipinski definition) is 0. The summed E-state index contributed by atoms with van der Waals surface area (Å²) in [4.78, 5) is 2.47. The summed E-state index contributed by atoms with van der Waals surface area (Å²) in [6, 6.07) is 17.9. The summed E-state index contributed by atoms with van der Waals surface area (Å²) in [7, 11) is 0. The maximum absolute atomic E-state index is 6.11. The summed E-state index contributed by atoms with van der Waals surface area (Å²) in [6.07, 6.45) is 5.00. The molecule has 0 saturated carbocycles. The minimum absolute atomic E-state index is 0.00264. The van der Waals surface area contributed by atoms with Crippen LogP contribution < -0.4 is 0 Å². The van der Waals surface area contributed by atoms with Crippen molar-refractivity contribution < 1.29 is 4.42 Å². The smallest absolute Gasteiger partial charge is 0.247 e. The Bertz CT molecular complexity index is 824. The van der Waals surface area contributed by atoms with Crippen molar-refractivity contribution >= 4 is 11.6 Å². The quantitative estimate of drug-likeness (QED) is 0.622. The first-order chi connectivity index (χ1) is 12.8. The molecule has 0 aliphatic carbocycles. The van der Waals surface area contributed by atoms with Crippen molar-refractivity contribution in [3.05, 3.63) is 71.1 Å². The predicted octanol–water partition coefficient (Wildman–Crippen LogP) is 5.36. The lowest BCUT2D eigenvalue weighted by Gasteiger charge is -2.28. The molecular formula is C21H22ClN3O. The Morgan fingerprint density at radius 1 is 0.846 bits per heavy atom. The largest absolute Gasteiger partial charge is 0.419 e. The van der Waals surface area contributed by atoms with Gasteiger partial charge in [0.2, 0.25) is 11.8 Å². The Kier molecular flexibility index (Phi) is 5.32. The van der Waals surface area contributed by atoms with Gasteiger partial charge in [0, 0.05) is 10.6 Å². The number of nitrogens with zero attached hydrogens (tertiary/aromatic N) is 3. The molecule has 4 nitrogen and oxygen atoms in total. The van der Waals surface area contributed by atoms with Gasteiger partial charge < -0.3 is 4.42 Å². The molecule has 1 aromatic heterocycles. The standard InChI is InChI=1S/C21H22ClN3O/c22-18-12-10-17(11-13-18)20-23-24-21(26-20)19(16-8-4-3-5-9-16)25-14-6-1-2-7-15-25/h3-5,8-13,19H,1-2,6-7,14-15H2. The molecule has 134 valence electrons. The van der Waals surface area contributed by atoms with E-state index < -0.39 is 0 Å². The number of halogens is 1. The second-order valence-corrected chi connectivity index (χ2v) is 7.15. The fourth-order valence-electron chi connectivity index (χ4n) is 3.55. The lowest BCUT2D eigenvalue weighted by molar-refractivity contribution is 0.206. The molecule has 1 aliphatic heterocycles. The first-order valence-corrected chi connectivity index (χ1v) is 9.57. The second kappa shape index (κ2) is 8.02. The molecule has 0 spiro atoms. The van der Waals surface area contributed by atoms with E-state index in [0.29, 0.717) is 16.8 Å². The lowest BCUT2D eigenvalue weighted by atomic mass is 10.0. The topological polar surface area (TPSA) is 42.2 Å². The first kappa shape index (κ1) is 17.3. The maximum Gasteiger partial charge on any atom is 0.247 e. The van der Waals surface area contributed by atoms with Gasteiger partial charge in [0.1, 0.15) is 6.04 Å². The van der Waals surface area contributed by atoms with Crippen LogP contribution in [0.4, 0.5) is 0 Å². The zero-order chi connectivity index (χ0) is 17.8. The highest BCUT2D eigenvalue weighted by molar-refractivity contribution is 6.30. The van der Waals surface area contributed by atoms with Gasteiger partial charge in [-0.1, -0.05) is 54.8 Å². The van der Waals surface area contributed by atoms with Crippen LogP contribution in [0, 0.1) is 0 Å². The molecule has 26 heavy (non-hydrogen) atoms. The summed E-state index contributed by atoms with van der Waals surface area (Å²) in [6.45, 7) is 2.11. The number of likely N-dealkylation sites (tertiary alicyclic amines) is 1. The lowest BCUT2D eigenvalue weighted by Crippen LogP contribution is -2.30. The third-order valence-electron chi connectivity index (χ3n) is 4.89. The molecular weight excluding hydrogens is 346 g/mol. The third-order valence-corrected chi connectivity index (χ3v) is 5.14. The van der Waals surface area contributed by atoms with Crippen molar-refractivity contribution in [3.63, 3.8) is 0 Å². The van der Waals surface area contributed by atoms with Crippen LogP contribution >= 0.6 is 11.6 Å². The van der Waals surface area contributed by atoms with E-state index in [0.717, 1.165) is 18.7 Å². The average Bonchev–Trinajstić information content (AvgIpc) is 2.99. The number of rotatable bonds is 4. The molecule has 2 heterocycles. The summed E-state index contributed by atoms with van der Waals surface area (Å²) < 4.78 is 6.11. The molecule has 0 bridgehead atoms. The van der Waals surface area contributed by atoms with E-state index in [1.807, 2.05) is 30.3 Å². The van der Waals surface area contributed by atoms with Crippen LogP contribution in [0.5, 0.6) is 0 Å². The second-order valence-electron chi connectivity index (χ2n) is 6.72. The highest BCUT2D eigenvalue weighted by Gasteiger charge is 2.28. The van der Waals surface area contributed by atoms with Gasteiger partial charge in [0.05, 0.1) is 0 Å². The van der Waals surface area contributed by atoms with E-state index >= 15 is 0 Å². The first-order valence-electron chi connectivity index (χ1n) is 9.19. The summed E-state index contributed by atoms with van der Waals surface area (Å²) in [5.74, 6) is 1.19. The van der Waals surface area contributed by atoms with Crippen molar-refractivity contribution in [2.24, 2.45) is 0 Å². The Morgan fingerprint density at radius 3 is 2.23 bits per heavy atom. The van der Waals surface area contributed by atoms with Gasteiger partial charge in [-0.3, -0.25) is 4.90 Å². The van der Waals surface area contributed by atoms with E-state index in [2.05, 4.69) is 39.4 Å². The van der Waals surface area contributed by atoms with E-state index in [1.54, 1.807) is 0 Å². The molecule has 1 saturated heterocycles. The number of benzene rings is 2. The van der Waals surface area contributed by atoms with Crippen molar-refractivity contribution in [1.29, 1.82) is 0 Å². The SMILES string of the molecule is Clc1ccc(-c2nnc(C(c3ccccc3)N3CCCCCC3)o2)cc1. The molecule has 0 amide bonds. The van der Waals surface area contributed by atoms with Gasteiger partial charge in [-0.2, -0.15) is 0 Å². The molecule has 0 radical (unpaired) electrons. The molecule has 0 N–H and O–H groups in total. The monoisotopic (exact) mass is 367 g/mol. The van der Waals surface area contributed by atoms with E-state index in [4.69, 9.17) is 16.0 Å². The molecule has 1 unspecified atom stereocenters. The molecule has 1 fully saturated rings. The molecule has 2 aromatic carbocycles. The van der Waals surface area contributed by atoms with Gasteiger partial charge in [0.15, 0.2) is 0 Å². The highest BCUT2D eigenvalue weighted by Crippen LogP contribution is 2.31. The summed E-state index contributed by atoms with van der Waals surface area (Å²) >= 11 is 5.98. The van der Waals surface area contributed by atoms with Crippen LogP contribution in [0.1, 0.15) is 43.2 Å². The van der Waals surface area contributed by atoms with Crippen molar-refractivity contribution in [1.82, 2.24) is 15.1 Å². The zero-order valence-electron chi connectivity index (χ0n) is 14.6. The van der Waals surface area contributed by atoms with Gasteiger partial charge in [-0.05, 0) is 55.8 Å². The van der Waals surface area contributed by atoms with Crippen molar-refractivity contribution in [3.8, 4) is 11.5 Å². The molecule has 3 aromatic rings. The van der Waals surface area contributed by atoms with Crippen LogP contribution in [-0.4, -0.2) is 28.2 Å². The summed E-state index contributed by atoms with van der Waals surface area (Å²) in [5.41, 5.74) is 2.08. The Morgan fingerprint density at radius 2 is 1.54 bits per heavy atom. The van der Waals surface area contributed by atoms with E-state index in [9.17, 15) is 0 Å². The average molecular weight is 368 g/mol. The van der Waals surface area contributed by atoms with Gasteiger partial charge in [-0.15, -0.1) is 10.2 Å². The van der Waals surface area contributed by atoms with Crippen molar-refractivity contribution in [2.45, 2.75) is 31.7 Å². The molecule has 5 heteroatoms.